The van der Waals surface area contributed by atoms with Gasteiger partial charge in [0.1, 0.15) is 0 Å². The molecule has 0 saturated heterocycles. The molecule has 0 spiro atoms. The Morgan fingerprint density at radius 1 is 1.23 bits per heavy atom. The molecule has 1 N–H and O–H groups in total. The van der Waals surface area contributed by atoms with Crippen molar-refractivity contribution in [3.05, 3.63) is 35.4 Å². The van der Waals surface area contributed by atoms with Crippen molar-refractivity contribution in [3.63, 3.8) is 0 Å². The lowest BCUT2D eigenvalue weighted by Gasteiger charge is -2.27. The minimum Gasteiger partial charge on any atom is -0.336 e. The van der Waals surface area contributed by atoms with Crippen molar-refractivity contribution < 1.29 is 13.6 Å². The highest BCUT2D eigenvalue weighted by Crippen LogP contribution is 2.21. The molecule has 0 bridgehead atoms. The highest BCUT2D eigenvalue weighted by Gasteiger charge is 2.19. The predicted molar refractivity (Wildman–Crippen MR) is 84.7 cm³/mol. The van der Waals surface area contributed by atoms with Gasteiger partial charge >= 0.3 is 6.03 Å². The van der Waals surface area contributed by atoms with Gasteiger partial charge in [0.2, 0.25) is 0 Å². The molecule has 0 saturated carbocycles. The number of hydrogen-bond acceptors (Lipinski definition) is 1. The van der Waals surface area contributed by atoms with Crippen LogP contribution in [-0.2, 0) is 0 Å². The molecule has 0 radical (unpaired) electrons. The summed E-state index contributed by atoms with van der Waals surface area (Å²) in [6.07, 6.45) is 4.32. The molecular weight excluding hydrogens is 286 g/mol. The number of hydrogen-bond donors (Lipinski definition) is 1. The minimum atomic E-state index is -0.897. The third-order valence-corrected chi connectivity index (χ3v) is 3.94. The third kappa shape index (κ3) is 5.28. The third-order valence-electron chi connectivity index (χ3n) is 3.94. The minimum absolute atomic E-state index is 0.0960. The van der Waals surface area contributed by atoms with Crippen molar-refractivity contribution in [2.45, 2.75) is 58.5 Å². The van der Waals surface area contributed by atoms with Crippen molar-refractivity contribution in [2.24, 2.45) is 0 Å². The second kappa shape index (κ2) is 8.71. The van der Waals surface area contributed by atoms with E-state index in [0.717, 1.165) is 37.8 Å². The van der Waals surface area contributed by atoms with Crippen LogP contribution in [0.4, 0.5) is 13.6 Å². The first-order valence-electron chi connectivity index (χ1n) is 7.85. The molecule has 0 aliphatic heterocycles. The lowest BCUT2D eigenvalue weighted by atomic mass is 10.1. The lowest BCUT2D eigenvalue weighted by Crippen LogP contribution is -2.42. The number of nitrogens with one attached hydrogen (secondary N) is 1. The highest BCUT2D eigenvalue weighted by molar-refractivity contribution is 5.74. The number of rotatable bonds is 7. The highest BCUT2D eigenvalue weighted by atomic mass is 19.2. The van der Waals surface area contributed by atoms with Crippen LogP contribution in [0.15, 0.2) is 18.2 Å². The van der Waals surface area contributed by atoms with E-state index in [4.69, 9.17) is 0 Å². The molecular formula is C17H26F2N2O. The van der Waals surface area contributed by atoms with Crippen LogP contribution in [0.1, 0.15) is 58.1 Å². The zero-order valence-electron chi connectivity index (χ0n) is 13.8. The van der Waals surface area contributed by atoms with Gasteiger partial charge in [0, 0.05) is 13.1 Å². The molecule has 1 aromatic carbocycles. The van der Waals surface area contributed by atoms with Crippen LogP contribution < -0.4 is 5.32 Å². The van der Waals surface area contributed by atoms with Gasteiger partial charge in [-0.1, -0.05) is 32.3 Å². The number of nitrogens with zero attached hydrogens (tertiary/aromatic N) is 1. The Balaban J connectivity index is 2.59. The second-order valence-electron chi connectivity index (χ2n) is 5.81. The maximum atomic E-state index is 13.3. The van der Waals surface area contributed by atoms with Gasteiger partial charge < -0.3 is 10.2 Å². The summed E-state index contributed by atoms with van der Waals surface area (Å²) < 4.78 is 26.3. The Bertz CT molecular complexity index is 494. The van der Waals surface area contributed by atoms with E-state index in [-0.39, 0.29) is 18.1 Å². The fourth-order valence-corrected chi connectivity index (χ4v) is 2.26. The number of unbranched alkanes of at least 4 members (excludes halogenated alkanes) is 2. The average molecular weight is 312 g/mol. The molecule has 5 heteroatoms. The van der Waals surface area contributed by atoms with Gasteiger partial charge in [-0.05, 0) is 38.0 Å². The molecule has 0 fully saturated rings. The summed E-state index contributed by atoms with van der Waals surface area (Å²) in [6, 6.07) is 3.27. The number of benzene rings is 1. The molecule has 2 atom stereocenters. The van der Waals surface area contributed by atoms with Crippen molar-refractivity contribution in [1.29, 1.82) is 0 Å². The molecule has 0 aliphatic carbocycles. The van der Waals surface area contributed by atoms with E-state index in [2.05, 4.69) is 12.2 Å². The second-order valence-corrected chi connectivity index (χ2v) is 5.81. The zero-order valence-corrected chi connectivity index (χ0v) is 13.8. The van der Waals surface area contributed by atoms with Crippen LogP contribution >= 0.6 is 0 Å². The van der Waals surface area contributed by atoms with Gasteiger partial charge in [-0.15, -0.1) is 0 Å². The first-order valence-corrected chi connectivity index (χ1v) is 7.85. The first-order chi connectivity index (χ1) is 10.4. The van der Waals surface area contributed by atoms with Gasteiger partial charge in [-0.3, -0.25) is 0 Å². The Labute approximate surface area is 131 Å². The Morgan fingerprint density at radius 3 is 2.50 bits per heavy atom. The SMILES string of the molecule is CCCCCC(C)NC(=O)N(C)C(C)c1ccc(F)c(F)c1. The van der Waals surface area contributed by atoms with E-state index in [9.17, 15) is 13.6 Å². The van der Waals surface area contributed by atoms with Gasteiger partial charge in [0.25, 0.3) is 0 Å². The monoisotopic (exact) mass is 312 g/mol. The number of halogens is 2. The van der Waals surface area contributed by atoms with Crippen molar-refractivity contribution >= 4 is 6.03 Å². The van der Waals surface area contributed by atoms with Gasteiger partial charge in [-0.2, -0.15) is 0 Å². The van der Waals surface area contributed by atoms with E-state index in [1.54, 1.807) is 14.0 Å². The molecule has 2 amide bonds. The molecule has 0 heterocycles. The molecule has 2 unspecified atom stereocenters. The smallest absolute Gasteiger partial charge is 0.317 e. The van der Waals surface area contributed by atoms with Gasteiger partial charge in [-0.25, -0.2) is 13.6 Å². The summed E-state index contributed by atoms with van der Waals surface area (Å²) in [5.74, 6) is -1.78. The maximum Gasteiger partial charge on any atom is 0.317 e. The standard InChI is InChI=1S/C17H26F2N2O/c1-5-6-7-8-12(2)20-17(22)21(4)13(3)14-9-10-15(18)16(19)11-14/h9-13H,5-8H2,1-4H3,(H,20,22). The summed E-state index contributed by atoms with van der Waals surface area (Å²) in [4.78, 5) is 13.7. The Hall–Kier alpha value is -1.65. The van der Waals surface area contributed by atoms with E-state index >= 15 is 0 Å². The molecule has 22 heavy (non-hydrogen) atoms. The van der Waals surface area contributed by atoms with E-state index < -0.39 is 11.6 Å². The summed E-state index contributed by atoms with van der Waals surface area (Å²) in [5.41, 5.74) is 0.565. The molecule has 124 valence electrons. The first kappa shape index (κ1) is 18.4. The van der Waals surface area contributed by atoms with Crippen LogP contribution in [0.25, 0.3) is 0 Å². The number of carbonyl (C=O) groups excluding carboxylic acids is 1. The summed E-state index contributed by atoms with van der Waals surface area (Å²) >= 11 is 0. The molecule has 3 nitrogen and oxygen atoms in total. The molecule has 0 aliphatic rings. The van der Waals surface area contributed by atoms with Gasteiger partial charge in [0.05, 0.1) is 6.04 Å². The topological polar surface area (TPSA) is 32.3 Å². The molecule has 1 rings (SSSR count). The Kier molecular flexibility index (Phi) is 7.28. The van der Waals surface area contributed by atoms with E-state index in [1.807, 2.05) is 6.92 Å². The summed E-state index contributed by atoms with van der Waals surface area (Å²) in [6.45, 7) is 5.90. The summed E-state index contributed by atoms with van der Waals surface area (Å²) in [5, 5.41) is 2.93. The lowest BCUT2D eigenvalue weighted by molar-refractivity contribution is 0.190. The van der Waals surface area contributed by atoms with Crippen LogP contribution in [-0.4, -0.2) is 24.0 Å². The molecule has 0 aromatic heterocycles. The Morgan fingerprint density at radius 2 is 1.91 bits per heavy atom. The van der Waals surface area contributed by atoms with Crippen LogP contribution in [0.5, 0.6) is 0 Å². The van der Waals surface area contributed by atoms with Crippen LogP contribution in [0, 0.1) is 11.6 Å². The fraction of sp³-hybridized carbons (Fsp3) is 0.588. The van der Waals surface area contributed by atoms with Gasteiger partial charge in [0.15, 0.2) is 11.6 Å². The summed E-state index contributed by atoms with van der Waals surface area (Å²) in [7, 11) is 1.65. The molecule has 1 aromatic rings. The quantitative estimate of drug-likeness (QED) is 0.731. The maximum absolute atomic E-state index is 13.3. The van der Waals surface area contributed by atoms with Crippen LogP contribution in [0.2, 0.25) is 0 Å². The van der Waals surface area contributed by atoms with Crippen molar-refractivity contribution in [2.75, 3.05) is 7.05 Å². The van der Waals surface area contributed by atoms with Crippen molar-refractivity contribution in [1.82, 2.24) is 10.2 Å². The normalized spacial score (nSPS) is 13.5. The average Bonchev–Trinajstić information content (AvgIpc) is 2.48. The number of amides is 2. The predicted octanol–water partition coefficient (Wildman–Crippen LogP) is 4.64. The number of carbonyl (C=O) groups is 1. The largest absolute Gasteiger partial charge is 0.336 e. The zero-order chi connectivity index (χ0) is 16.7. The van der Waals surface area contributed by atoms with Crippen LogP contribution in [0.3, 0.4) is 0 Å². The van der Waals surface area contributed by atoms with E-state index in [0.29, 0.717) is 5.56 Å². The van der Waals surface area contributed by atoms with Crippen molar-refractivity contribution in [3.8, 4) is 0 Å². The fourth-order valence-electron chi connectivity index (χ4n) is 2.26. The van der Waals surface area contributed by atoms with E-state index in [1.165, 1.54) is 11.0 Å². The number of urea groups is 1.